The molecule has 0 aliphatic carbocycles. The number of halogens is 1. The van der Waals surface area contributed by atoms with Gasteiger partial charge in [0.15, 0.2) is 0 Å². The van der Waals surface area contributed by atoms with Crippen LogP contribution in [-0.4, -0.2) is 23.1 Å². The monoisotopic (exact) mass is 215 g/mol. The third-order valence-corrected chi connectivity index (χ3v) is 2.30. The quantitative estimate of drug-likeness (QED) is 0.569. The Morgan fingerprint density at radius 3 is 2.86 bits per heavy atom. The Labute approximate surface area is 85.7 Å². The van der Waals surface area contributed by atoms with Gasteiger partial charge in [0.25, 0.3) is 0 Å². The number of rotatable bonds is 4. The summed E-state index contributed by atoms with van der Waals surface area (Å²) in [7, 11) is 0. The van der Waals surface area contributed by atoms with Crippen LogP contribution in [0.1, 0.15) is 6.92 Å². The standard InChI is InChI=1S/C9H10FNO2S/c1-2-13-9(12)8(10)14-7-3-5-11-6-4-7/h3-6,8H,2H2,1H3. The zero-order valence-corrected chi connectivity index (χ0v) is 8.46. The van der Waals surface area contributed by atoms with E-state index in [-0.39, 0.29) is 6.61 Å². The molecule has 3 nitrogen and oxygen atoms in total. The first kappa shape index (κ1) is 11.0. The topological polar surface area (TPSA) is 39.2 Å². The third-order valence-electron chi connectivity index (χ3n) is 1.36. The summed E-state index contributed by atoms with van der Waals surface area (Å²) < 4.78 is 17.7. The van der Waals surface area contributed by atoms with Crippen molar-refractivity contribution in [2.75, 3.05) is 6.61 Å². The predicted molar refractivity (Wildman–Crippen MR) is 51.6 cm³/mol. The zero-order valence-electron chi connectivity index (χ0n) is 7.64. The fourth-order valence-electron chi connectivity index (χ4n) is 0.792. The van der Waals surface area contributed by atoms with E-state index in [4.69, 9.17) is 0 Å². The normalized spacial score (nSPS) is 12.1. The summed E-state index contributed by atoms with van der Waals surface area (Å²) in [6.07, 6.45) is 3.08. The second kappa shape index (κ2) is 5.59. The molecule has 1 unspecified atom stereocenters. The van der Waals surface area contributed by atoms with Crippen LogP contribution >= 0.6 is 11.8 Å². The van der Waals surface area contributed by atoms with E-state index in [2.05, 4.69) is 9.72 Å². The number of nitrogens with zero attached hydrogens (tertiary/aromatic N) is 1. The molecular weight excluding hydrogens is 205 g/mol. The Kier molecular flexibility index (Phi) is 4.39. The molecule has 0 fully saturated rings. The van der Waals surface area contributed by atoms with Crippen molar-refractivity contribution in [3.05, 3.63) is 24.5 Å². The van der Waals surface area contributed by atoms with Crippen LogP contribution in [0.5, 0.6) is 0 Å². The lowest BCUT2D eigenvalue weighted by Crippen LogP contribution is -2.15. The van der Waals surface area contributed by atoms with Gasteiger partial charge >= 0.3 is 5.97 Å². The lowest BCUT2D eigenvalue weighted by Gasteiger charge is -2.06. The van der Waals surface area contributed by atoms with Crippen LogP contribution in [-0.2, 0) is 9.53 Å². The fraction of sp³-hybridized carbons (Fsp3) is 0.333. The summed E-state index contributed by atoms with van der Waals surface area (Å²) >= 11 is 0.810. The summed E-state index contributed by atoms with van der Waals surface area (Å²) in [5.41, 5.74) is -1.67. The van der Waals surface area contributed by atoms with Crippen LogP contribution in [0, 0.1) is 0 Å². The average molecular weight is 215 g/mol. The first-order valence-corrected chi connectivity index (χ1v) is 4.99. The Morgan fingerprint density at radius 1 is 1.64 bits per heavy atom. The number of carbonyl (C=O) groups is 1. The average Bonchev–Trinajstić information content (AvgIpc) is 2.19. The molecule has 1 aromatic rings. The Morgan fingerprint density at radius 2 is 2.29 bits per heavy atom. The molecule has 0 saturated heterocycles. The molecule has 5 heteroatoms. The highest BCUT2D eigenvalue weighted by molar-refractivity contribution is 8.00. The lowest BCUT2D eigenvalue weighted by molar-refractivity contribution is -0.145. The van der Waals surface area contributed by atoms with E-state index in [0.717, 1.165) is 11.8 Å². The number of thioether (sulfide) groups is 1. The maximum Gasteiger partial charge on any atom is 0.351 e. The number of ether oxygens (including phenoxy) is 1. The van der Waals surface area contributed by atoms with Crippen molar-refractivity contribution in [3.63, 3.8) is 0 Å². The first-order valence-electron chi connectivity index (χ1n) is 4.11. The molecule has 0 amide bonds. The SMILES string of the molecule is CCOC(=O)C(F)Sc1ccncc1. The summed E-state index contributed by atoms with van der Waals surface area (Å²) in [5.74, 6) is -0.839. The number of carbonyl (C=O) groups excluding carboxylic acids is 1. The van der Waals surface area contributed by atoms with Gasteiger partial charge < -0.3 is 4.74 Å². The molecule has 0 spiro atoms. The second-order valence-electron chi connectivity index (χ2n) is 2.37. The molecule has 1 heterocycles. The van der Waals surface area contributed by atoms with Crippen LogP contribution in [0.4, 0.5) is 4.39 Å². The number of pyridine rings is 1. The number of aromatic nitrogens is 1. The number of alkyl halides is 1. The molecule has 0 aliphatic heterocycles. The molecule has 0 aromatic carbocycles. The highest BCUT2D eigenvalue weighted by atomic mass is 32.2. The van der Waals surface area contributed by atoms with Gasteiger partial charge in [-0.2, -0.15) is 0 Å². The molecule has 76 valence electrons. The van der Waals surface area contributed by atoms with Crippen molar-refractivity contribution < 1.29 is 13.9 Å². The van der Waals surface area contributed by atoms with Crippen molar-refractivity contribution in [3.8, 4) is 0 Å². The largest absolute Gasteiger partial charge is 0.463 e. The highest BCUT2D eigenvalue weighted by Crippen LogP contribution is 2.24. The minimum Gasteiger partial charge on any atom is -0.463 e. The first-order chi connectivity index (χ1) is 6.74. The van der Waals surface area contributed by atoms with Crippen molar-refractivity contribution in [1.82, 2.24) is 4.98 Å². The Balaban J connectivity index is 2.49. The van der Waals surface area contributed by atoms with Gasteiger partial charge in [0.1, 0.15) is 0 Å². The highest BCUT2D eigenvalue weighted by Gasteiger charge is 2.19. The van der Waals surface area contributed by atoms with Gasteiger partial charge in [-0.3, -0.25) is 4.98 Å². The summed E-state index contributed by atoms with van der Waals surface area (Å²) in [5, 5.41) is 0. The van der Waals surface area contributed by atoms with Gasteiger partial charge in [-0.05, 0) is 19.1 Å². The smallest absolute Gasteiger partial charge is 0.351 e. The molecule has 0 aliphatic rings. The third kappa shape index (κ3) is 3.33. The van der Waals surface area contributed by atoms with E-state index in [9.17, 15) is 9.18 Å². The maximum atomic E-state index is 13.1. The maximum absolute atomic E-state index is 13.1. The molecule has 1 atom stereocenters. The Bertz CT molecular complexity index is 294. The van der Waals surface area contributed by atoms with E-state index in [0.29, 0.717) is 4.90 Å². The molecule has 0 bridgehead atoms. The summed E-state index contributed by atoms with van der Waals surface area (Å²) in [6, 6.07) is 3.27. The van der Waals surface area contributed by atoms with Gasteiger partial charge in [0.05, 0.1) is 6.61 Å². The van der Waals surface area contributed by atoms with Crippen LogP contribution < -0.4 is 0 Å². The predicted octanol–water partition coefficient (Wildman–Crippen LogP) is 2.03. The molecule has 0 saturated carbocycles. The van der Waals surface area contributed by atoms with Crippen molar-refractivity contribution >= 4 is 17.7 Å². The van der Waals surface area contributed by atoms with E-state index in [1.165, 1.54) is 0 Å². The minimum absolute atomic E-state index is 0.191. The minimum atomic E-state index is -1.67. The molecule has 14 heavy (non-hydrogen) atoms. The molecule has 0 N–H and O–H groups in total. The summed E-state index contributed by atoms with van der Waals surface area (Å²) in [6.45, 7) is 1.83. The molecule has 1 rings (SSSR count). The van der Waals surface area contributed by atoms with Crippen LogP contribution in [0.2, 0.25) is 0 Å². The lowest BCUT2D eigenvalue weighted by atomic mass is 10.5. The van der Waals surface area contributed by atoms with Crippen molar-refractivity contribution in [1.29, 1.82) is 0 Å². The van der Waals surface area contributed by atoms with Gasteiger partial charge in [0, 0.05) is 17.3 Å². The van der Waals surface area contributed by atoms with Crippen molar-refractivity contribution in [2.24, 2.45) is 0 Å². The van der Waals surface area contributed by atoms with E-state index in [1.807, 2.05) is 0 Å². The van der Waals surface area contributed by atoms with Gasteiger partial charge in [-0.15, -0.1) is 0 Å². The number of esters is 1. The van der Waals surface area contributed by atoms with Gasteiger partial charge in [-0.25, -0.2) is 9.18 Å². The van der Waals surface area contributed by atoms with Crippen LogP contribution in [0.15, 0.2) is 29.4 Å². The van der Waals surface area contributed by atoms with E-state index < -0.39 is 11.5 Å². The van der Waals surface area contributed by atoms with Crippen LogP contribution in [0.25, 0.3) is 0 Å². The van der Waals surface area contributed by atoms with Gasteiger partial charge in [0.2, 0.25) is 5.50 Å². The Hall–Kier alpha value is -1.10. The number of hydrogen-bond donors (Lipinski definition) is 0. The van der Waals surface area contributed by atoms with Crippen LogP contribution in [0.3, 0.4) is 0 Å². The number of hydrogen-bond acceptors (Lipinski definition) is 4. The van der Waals surface area contributed by atoms with E-state index in [1.54, 1.807) is 31.5 Å². The second-order valence-corrected chi connectivity index (χ2v) is 3.49. The zero-order chi connectivity index (χ0) is 10.4. The summed E-state index contributed by atoms with van der Waals surface area (Å²) in [4.78, 5) is 15.3. The molecular formula is C9H10FNO2S. The molecule has 0 radical (unpaired) electrons. The van der Waals surface area contributed by atoms with E-state index >= 15 is 0 Å². The fourth-order valence-corrected chi connectivity index (χ4v) is 1.47. The van der Waals surface area contributed by atoms with Crippen molar-refractivity contribution in [2.45, 2.75) is 17.3 Å². The molecule has 1 aromatic heterocycles. The van der Waals surface area contributed by atoms with Gasteiger partial charge in [-0.1, -0.05) is 11.8 Å².